The number of carbonyl (C=O) groups excluding carboxylic acids is 2. The number of para-hydroxylation sites is 1. The quantitative estimate of drug-likeness (QED) is 0.363. The van der Waals surface area contributed by atoms with E-state index in [4.69, 9.17) is 0 Å². The number of rotatable bonds is 6. The van der Waals surface area contributed by atoms with Gasteiger partial charge in [-0.15, -0.1) is 10.2 Å². The number of amides is 2. The van der Waals surface area contributed by atoms with Crippen molar-refractivity contribution in [2.45, 2.75) is 6.54 Å². The van der Waals surface area contributed by atoms with Gasteiger partial charge < -0.3 is 15.0 Å². The zero-order valence-corrected chi connectivity index (χ0v) is 18.5. The van der Waals surface area contributed by atoms with Gasteiger partial charge in [-0.1, -0.05) is 64.5 Å². The topological polar surface area (TPSA) is 96.1 Å². The zero-order chi connectivity index (χ0) is 22.5. The Morgan fingerprint density at radius 2 is 1.62 bits per heavy atom. The fourth-order valence-corrected chi connectivity index (χ4v) is 3.56. The Balaban J connectivity index is 1.51. The third-order valence-electron chi connectivity index (χ3n) is 4.87. The van der Waals surface area contributed by atoms with E-state index in [-0.39, 0.29) is 24.0 Å². The molecule has 0 aliphatic heterocycles. The van der Waals surface area contributed by atoms with E-state index in [0.717, 1.165) is 15.6 Å². The third kappa shape index (κ3) is 4.76. The molecule has 0 unspecified atom stereocenters. The van der Waals surface area contributed by atoms with Crippen molar-refractivity contribution in [2.24, 2.45) is 10.2 Å². The molecule has 0 saturated heterocycles. The summed E-state index contributed by atoms with van der Waals surface area (Å²) in [6.45, 7) is 0.141. The highest BCUT2D eigenvalue weighted by Gasteiger charge is 2.17. The Kier molecular flexibility index (Phi) is 6.42. The molecule has 3 aromatic carbocycles. The summed E-state index contributed by atoms with van der Waals surface area (Å²) < 4.78 is 2.57. The SMILES string of the molecule is O=C(CNC(=O)c1ccc(Br)cc1)N=Nc1c(O)n(Cc2ccccc2)c2ccccc12. The minimum Gasteiger partial charge on any atom is -0.493 e. The molecule has 4 aromatic rings. The van der Waals surface area contributed by atoms with Crippen LogP contribution in [0.15, 0.2) is 93.6 Å². The summed E-state index contributed by atoms with van der Waals surface area (Å²) in [4.78, 5) is 24.3. The number of hydrogen-bond donors (Lipinski definition) is 2. The largest absolute Gasteiger partial charge is 0.493 e. The molecule has 0 fully saturated rings. The maximum atomic E-state index is 12.2. The maximum absolute atomic E-state index is 12.2. The summed E-state index contributed by atoms with van der Waals surface area (Å²) in [6, 6.07) is 23.9. The summed E-state index contributed by atoms with van der Waals surface area (Å²) in [7, 11) is 0. The van der Waals surface area contributed by atoms with Crippen molar-refractivity contribution in [1.82, 2.24) is 9.88 Å². The zero-order valence-electron chi connectivity index (χ0n) is 16.9. The van der Waals surface area contributed by atoms with E-state index in [2.05, 4.69) is 31.5 Å². The first kappa shape index (κ1) is 21.5. The van der Waals surface area contributed by atoms with Crippen LogP contribution in [0, 0.1) is 0 Å². The molecular weight excluding hydrogens is 472 g/mol. The van der Waals surface area contributed by atoms with Gasteiger partial charge in [-0.05, 0) is 35.9 Å². The number of fused-ring (bicyclic) bond motifs is 1. The lowest BCUT2D eigenvalue weighted by atomic mass is 10.2. The molecule has 0 aliphatic rings. The molecule has 7 nitrogen and oxygen atoms in total. The summed E-state index contributed by atoms with van der Waals surface area (Å²) >= 11 is 3.31. The molecule has 2 amide bonds. The molecule has 1 heterocycles. The Bertz CT molecular complexity index is 1300. The molecule has 0 spiro atoms. The van der Waals surface area contributed by atoms with Gasteiger partial charge in [0.1, 0.15) is 6.54 Å². The predicted octanol–water partition coefficient (Wildman–Crippen LogP) is 5.20. The lowest BCUT2D eigenvalue weighted by Gasteiger charge is -2.06. The number of benzene rings is 3. The Hall–Kier alpha value is -3.78. The van der Waals surface area contributed by atoms with E-state index in [9.17, 15) is 14.7 Å². The highest BCUT2D eigenvalue weighted by atomic mass is 79.9. The van der Waals surface area contributed by atoms with Crippen LogP contribution in [-0.2, 0) is 11.3 Å². The maximum Gasteiger partial charge on any atom is 0.283 e. The summed E-state index contributed by atoms with van der Waals surface area (Å²) in [6.07, 6.45) is 0. The third-order valence-corrected chi connectivity index (χ3v) is 5.40. The average Bonchev–Trinajstić information content (AvgIpc) is 3.08. The molecular formula is C24H19BrN4O3. The van der Waals surface area contributed by atoms with E-state index in [1.165, 1.54) is 0 Å². The molecule has 0 saturated carbocycles. The van der Waals surface area contributed by atoms with Crippen molar-refractivity contribution < 1.29 is 14.7 Å². The van der Waals surface area contributed by atoms with Crippen molar-refractivity contribution in [2.75, 3.05) is 6.54 Å². The summed E-state index contributed by atoms with van der Waals surface area (Å²) in [5.74, 6) is -1.09. The Morgan fingerprint density at radius 3 is 2.38 bits per heavy atom. The first-order chi connectivity index (χ1) is 15.5. The fraction of sp³-hybridized carbons (Fsp3) is 0.0833. The molecule has 0 atom stereocenters. The van der Waals surface area contributed by atoms with Crippen molar-refractivity contribution in [3.8, 4) is 5.88 Å². The van der Waals surface area contributed by atoms with Gasteiger partial charge in [-0.3, -0.25) is 9.59 Å². The monoisotopic (exact) mass is 490 g/mol. The Morgan fingerprint density at radius 1 is 0.938 bits per heavy atom. The molecule has 32 heavy (non-hydrogen) atoms. The van der Waals surface area contributed by atoms with Crippen molar-refractivity contribution in [3.63, 3.8) is 0 Å². The lowest BCUT2D eigenvalue weighted by Crippen LogP contribution is -2.28. The molecule has 4 rings (SSSR count). The average molecular weight is 491 g/mol. The molecule has 8 heteroatoms. The van der Waals surface area contributed by atoms with Gasteiger partial charge >= 0.3 is 0 Å². The fourth-order valence-electron chi connectivity index (χ4n) is 3.30. The van der Waals surface area contributed by atoms with Crippen LogP contribution in [0.4, 0.5) is 5.69 Å². The van der Waals surface area contributed by atoms with E-state index >= 15 is 0 Å². The highest BCUT2D eigenvalue weighted by molar-refractivity contribution is 9.10. The van der Waals surface area contributed by atoms with E-state index < -0.39 is 5.91 Å². The number of nitrogens with one attached hydrogen (secondary N) is 1. The highest BCUT2D eigenvalue weighted by Crippen LogP contribution is 2.39. The van der Waals surface area contributed by atoms with Gasteiger partial charge in [0.2, 0.25) is 5.88 Å². The number of hydrogen-bond acceptors (Lipinski definition) is 4. The van der Waals surface area contributed by atoms with Crippen LogP contribution in [0.1, 0.15) is 15.9 Å². The predicted molar refractivity (Wildman–Crippen MR) is 125 cm³/mol. The number of azo groups is 1. The van der Waals surface area contributed by atoms with Gasteiger partial charge in [0.15, 0.2) is 5.69 Å². The van der Waals surface area contributed by atoms with Gasteiger partial charge in [0, 0.05) is 15.4 Å². The van der Waals surface area contributed by atoms with Crippen LogP contribution in [0.2, 0.25) is 0 Å². The van der Waals surface area contributed by atoms with Crippen LogP contribution in [0.3, 0.4) is 0 Å². The van der Waals surface area contributed by atoms with Crippen LogP contribution in [-0.4, -0.2) is 28.0 Å². The number of aromatic nitrogens is 1. The van der Waals surface area contributed by atoms with Gasteiger partial charge in [-0.25, -0.2) is 0 Å². The number of halogens is 1. The van der Waals surface area contributed by atoms with Crippen molar-refractivity contribution in [1.29, 1.82) is 0 Å². The van der Waals surface area contributed by atoms with E-state index in [1.807, 2.05) is 54.6 Å². The van der Waals surface area contributed by atoms with Crippen LogP contribution < -0.4 is 5.32 Å². The molecule has 160 valence electrons. The molecule has 0 bridgehead atoms. The van der Waals surface area contributed by atoms with E-state index in [0.29, 0.717) is 17.5 Å². The second kappa shape index (κ2) is 9.57. The van der Waals surface area contributed by atoms with Crippen LogP contribution in [0.5, 0.6) is 5.88 Å². The summed E-state index contributed by atoms with van der Waals surface area (Å²) in [5.41, 5.74) is 2.43. The van der Waals surface area contributed by atoms with Crippen LogP contribution in [0.25, 0.3) is 10.9 Å². The first-order valence-corrected chi connectivity index (χ1v) is 10.6. The van der Waals surface area contributed by atoms with E-state index in [1.54, 1.807) is 28.8 Å². The second-order valence-electron chi connectivity index (χ2n) is 7.04. The van der Waals surface area contributed by atoms with Crippen molar-refractivity contribution in [3.05, 3.63) is 94.5 Å². The molecule has 1 aromatic heterocycles. The van der Waals surface area contributed by atoms with Gasteiger partial charge in [0.25, 0.3) is 11.8 Å². The minimum absolute atomic E-state index is 0.0782. The van der Waals surface area contributed by atoms with Crippen LogP contribution >= 0.6 is 15.9 Å². The van der Waals surface area contributed by atoms with Gasteiger partial charge in [-0.2, -0.15) is 0 Å². The first-order valence-electron chi connectivity index (χ1n) is 9.85. The Labute approximate surface area is 192 Å². The molecule has 0 aliphatic carbocycles. The van der Waals surface area contributed by atoms with Gasteiger partial charge in [0.05, 0.1) is 12.1 Å². The normalized spacial score (nSPS) is 11.2. The standard InChI is InChI=1S/C24H19BrN4O3/c25-18-12-10-17(11-13-18)23(31)26-14-21(30)27-28-22-19-8-4-5-9-20(19)29(24(22)32)15-16-6-2-1-3-7-16/h1-13,32H,14-15H2,(H,26,31). The number of aromatic hydroxyl groups is 1. The smallest absolute Gasteiger partial charge is 0.283 e. The number of nitrogens with zero attached hydrogens (tertiary/aromatic N) is 3. The molecule has 2 N–H and O–H groups in total. The van der Waals surface area contributed by atoms with Crippen molar-refractivity contribution >= 4 is 44.3 Å². The minimum atomic E-state index is -0.630. The molecule has 0 radical (unpaired) electrons. The lowest BCUT2D eigenvalue weighted by molar-refractivity contribution is -0.117. The summed E-state index contributed by atoms with van der Waals surface area (Å²) in [5, 5.41) is 21.7. The number of carbonyl (C=O) groups is 2. The second-order valence-corrected chi connectivity index (χ2v) is 7.96.